The highest BCUT2D eigenvalue weighted by Gasteiger charge is 2.15. The summed E-state index contributed by atoms with van der Waals surface area (Å²) in [7, 11) is 1.40. The molecule has 1 aromatic heterocycles. The number of methoxy groups -OCH3 is 1. The number of carbonyl (C=O) groups excluding carboxylic acids is 1. The lowest BCUT2D eigenvalue weighted by molar-refractivity contribution is 0.0602. The number of fused-ring (bicyclic) bond motifs is 1. The molecule has 4 heteroatoms. The first-order valence-corrected chi connectivity index (χ1v) is 8.79. The zero-order chi connectivity index (χ0) is 18.7. The molecule has 0 atom stereocenters. The Hall–Kier alpha value is -2.75. The van der Waals surface area contributed by atoms with E-state index >= 15 is 0 Å². The summed E-state index contributed by atoms with van der Waals surface area (Å²) >= 11 is 0. The van der Waals surface area contributed by atoms with Crippen LogP contribution in [-0.2, 0) is 16.7 Å². The highest BCUT2D eigenvalue weighted by atomic mass is 16.5. The van der Waals surface area contributed by atoms with Gasteiger partial charge in [0.05, 0.1) is 19.2 Å². The lowest BCUT2D eigenvalue weighted by atomic mass is 9.87. The van der Waals surface area contributed by atoms with Crippen LogP contribution in [0.5, 0.6) is 5.75 Å². The molecule has 0 aliphatic rings. The molecule has 1 heterocycles. The maximum atomic E-state index is 12.0. The number of hydrogen-bond donors (Lipinski definition) is 0. The van der Waals surface area contributed by atoms with Crippen molar-refractivity contribution < 1.29 is 14.3 Å². The topological polar surface area (TPSA) is 40.5 Å². The Morgan fingerprint density at radius 3 is 2.38 bits per heavy atom. The van der Waals surface area contributed by atoms with Crippen molar-refractivity contribution in [2.75, 3.05) is 13.7 Å². The molecule has 0 N–H and O–H groups in total. The lowest BCUT2D eigenvalue weighted by Gasteiger charge is -2.19. The van der Waals surface area contributed by atoms with Gasteiger partial charge in [-0.05, 0) is 29.2 Å². The fraction of sp³-hybridized carbons (Fsp3) is 0.318. The lowest BCUT2D eigenvalue weighted by Crippen LogP contribution is -2.11. The summed E-state index contributed by atoms with van der Waals surface area (Å²) < 4.78 is 12.8. The number of aromatic nitrogens is 1. The largest absolute Gasteiger partial charge is 0.492 e. The number of ether oxygens (including phenoxy) is 2. The molecule has 3 aromatic rings. The molecule has 0 aliphatic heterocycles. The standard InChI is InChI=1S/C22H25NO3/c1-22(2,3)16-9-11-17(12-10-16)26-14-13-23-15-19(21(24)25-4)18-7-5-6-8-20(18)23/h5-12,15H,13-14H2,1-4H3. The van der Waals surface area contributed by atoms with E-state index in [1.165, 1.54) is 12.7 Å². The van der Waals surface area contributed by atoms with Crippen molar-refractivity contribution >= 4 is 16.9 Å². The van der Waals surface area contributed by atoms with Gasteiger partial charge in [0.2, 0.25) is 0 Å². The smallest absolute Gasteiger partial charge is 0.340 e. The van der Waals surface area contributed by atoms with Gasteiger partial charge in [-0.25, -0.2) is 4.79 Å². The second-order valence-corrected chi connectivity index (χ2v) is 7.37. The molecule has 0 aliphatic carbocycles. The van der Waals surface area contributed by atoms with Crippen molar-refractivity contribution in [3.05, 3.63) is 65.9 Å². The van der Waals surface area contributed by atoms with Crippen LogP contribution in [0.1, 0.15) is 36.7 Å². The highest BCUT2D eigenvalue weighted by molar-refractivity contribution is 6.04. The molecule has 0 bridgehead atoms. The van der Waals surface area contributed by atoms with Crippen LogP contribution in [0.2, 0.25) is 0 Å². The summed E-state index contributed by atoms with van der Waals surface area (Å²) in [6, 6.07) is 16.1. The van der Waals surface area contributed by atoms with Gasteiger partial charge in [-0.3, -0.25) is 0 Å². The number of carbonyl (C=O) groups is 1. The predicted octanol–water partition coefficient (Wildman–Crippen LogP) is 4.80. The third-order valence-electron chi connectivity index (χ3n) is 4.52. The van der Waals surface area contributed by atoms with Crippen LogP contribution < -0.4 is 4.74 Å². The number of para-hydroxylation sites is 1. The van der Waals surface area contributed by atoms with Gasteiger partial charge in [0.1, 0.15) is 12.4 Å². The van der Waals surface area contributed by atoms with Crippen LogP contribution in [0.15, 0.2) is 54.7 Å². The second kappa shape index (κ2) is 7.24. The zero-order valence-corrected chi connectivity index (χ0v) is 15.8. The maximum Gasteiger partial charge on any atom is 0.340 e. The molecule has 136 valence electrons. The molecular weight excluding hydrogens is 326 g/mol. The third-order valence-corrected chi connectivity index (χ3v) is 4.52. The minimum Gasteiger partial charge on any atom is -0.492 e. The predicted molar refractivity (Wildman–Crippen MR) is 104 cm³/mol. The number of rotatable bonds is 5. The van der Waals surface area contributed by atoms with Crippen LogP contribution >= 0.6 is 0 Å². The fourth-order valence-electron chi connectivity index (χ4n) is 3.02. The molecule has 0 unspecified atom stereocenters. The number of esters is 1. The van der Waals surface area contributed by atoms with Gasteiger partial charge in [-0.2, -0.15) is 0 Å². The normalized spacial score (nSPS) is 11.5. The molecule has 0 fully saturated rings. The molecule has 4 nitrogen and oxygen atoms in total. The summed E-state index contributed by atoms with van der Waals surface area (Å²) in [6.45, 7) is 7.75. The first kappa shape index (κ1) is 18.1. The van der Waals surface area contributed by atoms with Gasteiger partial charge in [0.15, 0.2) is 0 Å². The average Bonchev–Trinajstić information content (AvgIpc) is 3.00. The summed E-state index contributed by atoms with van der Waals surface area (Å²) in [5.74, 6) is 0.529. The first-order chi connectivity index (χ1) is 12.4. The molecule has 0 radical (unpaired) electrons. The van der Waals surface area contributed by atoms with Crippen LogP contribution in [0.25, 0.3) is 10.9 Å². The van der Waals surface area contributed by atoms with Crippen molar-refractivity contribution in [2.45, 2.75) is 32.7 Å². The maximum absolute atomic E-state index is 12.0. The molecule has 0 amide bonds. The van der Waals surface area contributed by atoms with Crippen LogP contribution in [-0.4, -0.2) is 24.3 Å². The molecule has 3 rings (SSSR count). The monoisotopic (exact) mass is 351 g/mol. The van der Waals surface area contributed by atoms with E-state index in [2.05, 4.69) is 32.9 Å². The molecular formula is C22H25NO3. The zero-order valence-electron chi connectivity index (χ0n) is 15.8. The summed E-state index contributed by atoms with van der Waals surface area (Å²) in [5, 5.41) is 0.897. The summed E-state index contributed by atoms with van der Waals surface area (Å²) in [5.41, 5.74) is 2.99. The van der Waals surface area contributed by atoms with Gasteiger partial charge in [-0.1, -0.05) is 51.1 Å². The van der Waals surface area contributed by atoms with Crippen LogP contribution in [0.4, 0.5) is 0 Å². The Kier molecular flexibility index (Phi) is 5.03. The van der Waals surface area contributed by atoms with Crippen molar-refractivity contribution in [2.24, 2.45) is 0 Å². The molecule has 0 saturated carbocycles. The van der Waals surface area contributed by atoms with Crippen molar-refractivity contribution in [3.8, 4) is 5.75 Å². The quantitative estimate of drug-likeness (QED) is 0.620. The molecule has 26 heavy (non-hydrogen) atoms. The highest BCUT2D eigenvalue weighted by Crippen LogP contribution is 2.25. The number of nitrogens with zero attached hydrogens (tertiary/aromatic N) is 1. The van der Waals surface area contributed by atoms with Gasteiger partial charge < -0.3 is 14.0 Å². The van der Waals surface area contributed by atoms with E-state index < -0.39 is 0 Å². The number of benzene rings is 2. The van der Waals surface area contributed by atoms with E-state index in [0.29, 0.717) is 18.7 Å². The Labute approximate surface area is 154 Å². The van der Waals surface area contributed by atoms with E-state index in [1.54, 1.807) is 0 Å². The Morgan fingerprint density at radius 2 is 1.73 bits per heavy atom. The molecule has 2 aromatic carbocycles. The fourth-order valence-corrected chi connectivity index (χ4v) is 3.02. The molecule has 0 spiro atoms. The molecule has 0 saturated heterocycles. The Bertz CT molecular complexity index is 901. The van der Waals surface area contributed by atoms with Gasteiger partial charge in [-0.15, -0.1) is 0 Å². The van der Waals surface area contributed by atoms with Gasteiger partial charge in [0.25, 0.3) is 0 Å². The van der Waals surface area contributed by atoms with E-state index in [4.69, 9.17) is 9.47 Å². The average molecular weight is 351 g/mol. The summed E-state index contributed by atoms with van der Waals surface area (Å²) in [4.78, 5) is 12.0. The van der Waals surface area contributed by atoms with Crippen LogP contribution in [0, 0.1) is 0 Å². The second-order valence-electron chi connectivity index (χ2n) is 7.37. The SMILES string of the molecule is COC(=O)c1cn(CCOc2ccc(C(C)(C)C)cc2)c2ccccc12. The minimum absolute atomic E-state index is 0.132. The summed E-state index contributed by atoms with van der Waals surface area (Å²) in [6.07, 6.45) is 1.84. The van der Waals surface area contributed by atoms with E-state index in [1.807, 2.05) is 47.2 Å². The minimum atomic E-state index is -0.321. The Morgan fingerprint density at radius 1 is 1.04 bits per heavy atom. The Balaban J connectivity index is 1.71. The number of hydrogen-bond acceptors (Lipinski definition) is 3. The van der Waals surface area contributed by atoms with Crippen LogP contribution in [0.3, 0.4) is 0 Å². The van der Waals surface area contributed by atoms with Crippen molar-refractivity contribution in [1.82, 2.24) is 4.57 Å². The first-order valence-electron chi connectivity index (χ1n) is 8.79. The van der Waals surface area contributed by atoms with E-state index in [0.717, 1.165) is 16.7 Å². The van der Waals surface area contributed by atoms with Gasteiger partial charge in [0, 0.05) is 17.1 Å². The van der Waals surface area contributed by atoms with Gasteiger partial charge >= 0.3 is 5.97 Å². The third kappa shape index (κ3) is 3.74. The van der Waals surface area contributed by atoms with E-state index in [-0.39, 0.29) is 11.4 Å². The van der Waals surface area contributed by atoms with E-state index in [9.17, 15) is 4.79 Å². The van der Waals surface area contributed by atoms with Crippen molar-refractivity contribution in [1.29, 1.82) is 0 Å². The van der Waals surface area contributed by atoms with Crippen molar-refractivity contribution in [3.63, 3.8) is 0 Å².